The zero-order chi connectivity index (χ0) is 12.8. The van der Waals surface area contributed by atoms with Crippen LogP contribution < -0.4 is 0 Å². The summed E-state index contributed by atoms with van der Waals surface area (Å²) in [5.74, 6) is -0.0214. The Balaban J connectivity index is 1.70. The van der Waals surface area contributed by atoms with Gasteiger partial charge in [0.15, 0.2) is 0 Å². The summed E-state index contributed by atoms with van der Waals surface area (Å²) in [6.45, 7) is 1.12. The number of thiophene rings is 1. The Kier molecular flexibility index (Phi) is 4.49. The first-order chi connectivity index (χ1) is 8.75. The number of aromatic nitrogens is 2. The lowest BCUT2D eigenvalue weighted by molar-refractivity contribution is -0.135. The number of hydrogen-bond donors (Lipinski definition) is 1. The van der Waals surface area contributed by atoms with Crippen LogP contribution in [0.3, 0.4) is 0 Å². The lowest BCUT2D eigenvalue weighted by Gasteiger charge is -2.16. The molecule has 1 amide bonds. The van der Waals surface area contributed by atoms with Crippen LogP contribution in [0.2, 0.25) is 0 Å². The highest BCUT2D eigenvalue weighted by atomic mass is 32.1. The van der Waals surface area contributed by atoms with E-state index >= 15 is 0 Å². The molecule has 6 heteroatoms. The normalized spacial score (nSPS) is 10.5. The summed E-state index contributed by atoms with van der Waals surface area (Å²) in [6, 6.07) is 3.99. The molecule has 0 aliphatic carbocycles. The zero-order valence-corrected chi connectivity index (χ0v) is 10.9. The predicted molar refractivity (Wildman–Crippen MR) is 69.0 cm³/mol. The number of likely N-dealkylation sites (N-methyl/N-ethyl adjacent to an activating group) is 1. The average molecular weight is 265 g/mol. The summed E-state index contributed by atoms with van der Waals surface area (Å²) < 4.78 is 5.33. The topological polar surface area (TPSA) is 58.2 Å². The van der Waals surface area contributed by atoms with Crippen molar-refractivity contribution in [3.8, 4) is 0 Å². The number of amides is 1. The first-order valence-corrected chi connectivity index (χ1v) is 6.45. The van der Waals surface area contributed by atoms with Crippen LogP contribution in [-0.2, 0) is 22.7 Å². The smallest absolute Gasteiger partial charge is 0.248 e. The van der Waals surface area contributed by atoms with E-state index in [9.17, 15) is 4.79 Å². The molecule has 0 aromatic carbocycles. The Hall–Kier alpha value is -1.66. The molecule has 0 aliphatic rings. The van der Waals surface area contributed by atoms with Crippen LogP contribution >= 0.6 is 11.3 Å². The van der Waals surface area contributed by atoms with Gasteiger partial charge in [0.25, 0.3) is 0 Å². The van der Waals surface area contributed by atoms with E-state index in [1.807, 2.05) is 17.5 Å². The fourth-order valence-corrected chi connectivity index (χ4v) is 2.20. The number of rotatable bonds is 6. The summed E-state index contributed by atoms with van der Waals surface area (Å²) in [5, 5.41) is 8.51. The Morgan fingerprint density at radius 3 is 3.17 bits per heavy atom. The maximum Gasteiger partial charge on any atom is 0.248 e. The first kappa shape index (κ1) is 12.8. The van der Waals surface area contributed by atoms with Crippen molar-refractivity contribution in [1.82, 2.24) is 15.1 Å². The van der Waals surface area contributed by atoms with Crippen LogP contribution in [-0.4, -0.2) is 34.7 Å². The monoisotopic (exact) mass is 265 g/mol. The molecule has 2 heterocycles. The van der Waals surface area contributed by atoms with Gasteiger partial charge < -0.3 is 9.64 Å². The van der Waals surface area contributed by atoms with Crippen LogP contribution in [0.15, 0.2) is 29.9 Å². The molecule has 1 N–H and O–H groups in total. The Morgan fingerprint density at radius 1 is 1.61 bits per heavy atom. The maximum absolute atomic E-state index is 11.8. The van der Waals surface area contributed by atoms with Crippen molar-refractivity contribution < 1.29 is 9.53 Å². The van der Waals surface area contributed by atoms with E-state index < -0.39 is 0 Å². The molecule has 0 aliphatic heterocycles. The summed E-state index contributed by atoms with van der Waals surface area (Å²) in [6.07, 6.45) is 3.43. The highest BCUT2D eigenvalue weighted by Gasteiger charge is 2.09. The van der Waals surface area contributed by atoms with Crippen molar-refractivity contribution in [2.24, 2.45) is 0 Å². The summed E-state index contributed by atoms with van der Waals surface area (Å²) >= 11 is 1.64. The first-order valence-electron chi connectivity index (χ1n) is 5.57. The Labute approximate surface area is 109 Å². The number of nitrogens with zero attached hydrogens (tertiary/aromatic N) is 2. The van der Waals surface area contributed by atoms with Gasteiger partial charge in [0.1, 0.15) is 6.61 Å². The van der Waals surface area contributed by atoms with Gasteiger partial charge in [0, 0.05) is 23.7 Å². The van der Waals surface area contributed by atoms with E-state index in [1.165, 1.54) is 4.88 Å². The molecule has 0 fully saturated rings. The molecule has 5 nitrogen and oxygen atoms in total. The van der Waals surface area contributed by atoms with Crippen LogP contribution in [0, 0.1) is 0 Å². The third-order valence-electron chi connectivity index (χ3n) is 2.45. The summed E-state index contributed by atoms with van der Waals surface area (Å²) in [5.41, 5.74) is 0.934. The molecule has 2 rings (SSSR count). The lowest BCUT2D eigenvalue weighted by atomic mass is 10.4. The van der Waals surface area contributed by atoms with E-state index in [0.717, 1.165) is 5.56 Å². The van der Waals surface area contributed by atoms with Crippen LogP contribution in [0.1, 0.15) is 10.4 Å². The van der Waals surface area contributed by atoms with Crippen LogP contribution in [0.5, 0.6) is 0 Å². The van der Waals surface area contributed by atoms with Crippen LogP contribution in [0.25, 0.3) is 0 Å². The fourth-order valence-electron chi connectivity index (χ4n) is 1.45. The molecule has 0 saturated heterocycles. The van der Waals surface area contributed by atoms with Gasteiger partial charge in [-0.3, -0.25) is 9.89 Å². The maximum atomic E-state index is 11.8. The van der Waals surface area contributed by atoms with E-state index in [1.54, 1.807) is 35.7 Å². The standard InChI is InChI=1S/C12H15N3O2S/c1-15(7-11-3-2-4-18-11)12(16)9-17-8-10-5-13-14-6-10/h2-6H,7-9H2,1H3,(H,13,14). The quantitative estimate of drug-likeness (QED) is 0.864. The van der Waals surface area contributed by atoms with Gasteiger partial charge in [0.05, 0.1) is 19.3 Å². The van der Waals surface area contributed by atoms with E-state index in [-0.39, 0.29) is 12.5 Å². The Bertz CT molecular complexity index is 467. The third kappa shape index (κ3) is 3.68. The Morgan fingerprint density at radius 2 is 2.50 bits per heavy atom. The zero-order valence-electron chi connectivity index (χ0n) is 10.1. The van der Waals surface area contributed by atoms with Gasteiger partial charge in [-0.05, 0) is 11.4 Å². The minimum atomic E-state index is -0.0214. The van der Waals surface area contributed by atoms with Gasteiger partial charge in [-0.2, -0.15) is 5.10 Å². The minimum absolute atomic E-state index is 0.0214. The van der Waals surface area contributed by atoms with Gasteiger partial charge in [-0.1, -0.05) is 6.07 Å². The molecule has 0 radical (unpaired) electrons. The van der Waals surface area contributed by atoms with Crippen molar-refractivity contribution in [2.45, 2.75) is 13.2 Å². The SMILES string of the molecule is CN(Cc1cccs1)C(=O)COCc1cn[nH]c1. The molecule has 0 saturated carbocycles. The van der Waals surface area contributed by atoms with E-state index in [2.05, 4.69) is 10.2 Å². The molecule has 0 bridgehead atoms. The minimum Gasteiger partial charge on any atom is -0.367 e. The van der Waals surface area contributed by atoms with Gasteiger partial charge >= 0.3 is 0 Å². The lowest BCUT2D eigenvalue weighted by Crippen LogP contribution is -2.29. The number of hydrogen-bond acceptors (Lipinski definition) is 4. The average Bonchev–Trinajstić information content (AvgIpc) is 3.01. The molecular weight excluding hydrogens is 250 g/mol. The van der Waals surface area contributed by atoms with Crippen molar-refractivity contribution in [3.63, 3.8) is 0 Å². The molecule has 0 atom stereocenters. The highest BCUT2D eigenvalue weighted by Crippen LogP contribution is 2.10. The third-order valence-corrected chi connectivity index (χ3v) is 3.31. The number of nitrogens with one attached hydrogen (secondary N) is 1. The summed E-state index contributed by atoms with van der Waals surface area (Å²) in [7, 11) is 1.78. The summed E-state index contributed by atoms with van der Waals surface area (Å²) in [4.78, 5) is 14.6. The van der Waals surface area contributed by atoms with Gasteiger partial charge in [-0.25, -0.2) is 0 Å². The van der Waals surface area contributed by atoms with Crippen molar-refractivity contribution in [2.75, 3.05) is 13.7 Å². The number of aromatic amines is 1. The van der Waals surface area contributed by atoms with Crippen molar-refractivity contribution in [1.29, 1.82) is 0 Å². The molecular formula is C12H15N3O2S. The number of H-pyrrole nitrogens is 1. The second kappa shape index (κ2) is 6.32. The predicted octanol–water partition coefficient (Wildman–Crippen LogP) is 1.65. The van der Waals surface area contributed by atoms with E-state index in [4.69, 9.17) is 4.74 Å². The van der Waals surface area contributed by atoms with Crippen molar-refractivity contribution >= 4 is 17.2 Å². The second-order valence-electron chi connectivity index (χ2n) is 3.93. The molecule has 96 valence electrons. The molecule has 2 aromatic heterocycles. The van der Waals surface area contributed by atoms with Crippen LogP contribution in [0.4, 0.5) is 0 Å². The largest absolute Gasteiger partial charge is 0.367 e. The fraction of sp³-hybridized carbons (Fsp3) is 0.333. The molecule has 2 aromatic rings. The van der Waals surface area contributed by atoms with Gasteiger partial charge in [-0.15, -0.1) is 11.3 Å². The van der Waals surface area contributed by atoms with E-state index in [0.29, 0.717) is 13.2 Å². The van der Waals surface area contributed by atoms with Gasteiger partial charge in [0.2, 0.25) is 5.91 Å². The molecule has 0 unspecified atom stereocenters. The molecule has 0 spiro atoms. The number of ether oxygens (including phenoxy) is 1. The van der Waals surface area contributed by atoms with Crippen molar-refractivity contribution in [3.05, 3.63) is 40.3 Å². The number of carbonyl (C=O) groups is 1. The molecule has 18 heavy (non-hydrogen) atoms. The highest BCUT2D eigenvalue weighted by molar-refractivity contribution is 7.09. The number of carbonyl (C=O) groups excluding carboxylic acids is 1. The second-order valence-corrected chi connectivity index (χ2v) is 4.96.